The molecular formula is C22H26ClNO3. The molecule has 0 spiro atoms. The van der Waals surface area contributed by atoms with Gasteiger partial charge in [0.25, 0.3) is 0 Å². The molecule has 0 amide bonds. The van der Waals surface area contributed by atoms with Gasteiger partial charge in [0.2, 0.25) is 0 Å². The van der Waals surface area contributed by atoms with Gasteiger partial charge < -0.3 is 14.4 Å². The van der Waals surface area contributed by atoms with Gasteiger partial charge in [-0.15, -0.1) is 12.4 Å². The SMILES string of the molecule is COc1ccc(C(=O)/C=C2/c3ccccc3CC(C)(C)N2C)cc1OC.Cl. The number of benzene rings is 2. The highest BCUT2D eigenvalue weighted by Crippen LogP contribution is 2.37. The molecule has 0 unspecified atom stereocenters. The third-order valence-corrected chi connectivity index (χ3v) is 5.12. The van der Waals surface area contributed by atoms with Gasteiger partial charge in [0, 0.05) is 35.5 Å². The van der Waals surface area contributed by atoms with Crippen LogP contribution in [0.15, 0.2) is 48.5 Å². The van der Waals surface area contributed by atoms with Crippen LogP contribution >= 0.6 is 12.4 Å². The minimum absolute atomic E-state index is 0. The van der Waals surface area contributed by atoms with Crippen molar-refractivity contribution in [2.24, 2.45) is 0 Å². The Hall–Kier alpha value is -2.46. The maximum Gasteiger partial charge on any atom is 0.188 e. The van der Waals surface area contributed by atoms with Crippen LogP contribution in [0, 0.1) is 0 Å². The molecule has 1 aliphatic rings. The van der Waals surface area contributed by atoms with E-state index in [4.69, 9.17) is 9.47 Å². The minimum Gasteiger partial charge on any atom is -0.493 e. The van der Waals surface area contributed by atoms with Gasteiger partial charge in [0.1, 0.15) is 0 Å². The lowest BCUT2D eigenvalue weighted by atomic mass is 9.84. The largest absolute Gasteiger partial charge is 0.493 e. The number of hydrogen-bond acceptors (Lipinski definition) is 4. The van der Waals surface area contributed by atoms with Gasteiger partial charge in [-0.2, -0.15) is 0 Å². The Bertz CT molecular complexity index is 874. The lowest BCUT2D eigenvalue weighted by Crippen LogP contribution is -2.45. The summed E-state index contributed by atoms with van der Waals surface area (Å²) in [4.78, 5) is 15.1. The molecule has 2 aromatic rings. The van der Waals surface area contributed by atoms with E-state index < -0.39 is 0 Å². The summed E-state index contributed by atoms with van der Waals surface area (Å²) in [6, 6.07) is 13.5. The number of carbonyl (C=O) groups is 1. The predicted octanol–water partition coefficient (Wildman–Crippen LogP) is 4.62. The smallest absolute Gasteiger partial charge is 0.188 e. The number of fused-ring (bicyclic) bond motifs is 1. The normalized spacial score (nSPS) is 16.3. The molecule has 0 bridgehead atoms. The molecule has 0 saturated heterocycles. The molecule has 5 heteroatoms. The summed E-state index contributed by atoms with van der Waals surface area (Å²) in [6.07, 6.45) is 2.67. The number of halogens is 1. The minimum atomic E-state index is -0.0575. The predicted molar refractivity (Wildman–Crippen MR) is 111 cm³/mol. The molecule has 1 aliphatic heterocycles. The summed E-state index contributed by atoms with van der Waals surface area (Å²) >= 11 is 0. The first kappa shape index (κ1) is 20.8. The zero-order valence-corrected chi connectivity index (χ0v) is 17.2. The van der Waals surface area contributed by atoms with Crippen LogP contribution in [0.1, 0.15) is 35.3 Å². The van der Waals surface area contributed by atoms with E-state index in [1.165, 1.54) is 5.56 Å². The van der Waals surface area contributed by atoms with Crippen molar-refractivity contribution in [2.45, 2.75) is 25.8 Å². The molecule has 0 N–H and O–H groups in total. The first-order valence-corrected chi connectivity index (χ1v) is 8.67. The van der Waals surface area contributed by atoms with E-state index in [9.17, 15) is 4.79 Å². The molecule has 0 atom stereocenters. The third-order valence-electron chi connectivity index (χ3n) is 5.12. The van der Waals surface area contributed by atoms with Crippen LogP contribution in [0.4, 0.5) is 0 Å². The fraction of sp³-hybridized carbons (Fsp3) is 0.318. The van der Waals surface area contributed by atoms with Crippen LogP contribution in [-0.4, -0.2) is 37.5 Å². The van der Waals surface area contributed by atoms with Gasteiger partial charge in [-0.05, 0) is 44.0 Å². The highest BCUT2D eigenvalue weighted by atomic mass is 35.5. The topological polar surface area (TPSA) is 38.8 Å². The van der Waals surface area contributed by atoms with E-state index in [-0.39, 0.29) is 23.7 Å². The second-order valence-electron chi connectivity index (χ2n) is 7.17. The highest BCUT2D eigenvalue weighted by Gasteiger charge is 2.33. The molecule has 0 aromatic heterocycles. The molecule has 144 valence electrons. The molecule has 27 heavy (non-hydrogen) atoms. The average Bonchev–Trinajstić information content (AvgIpc) is 2.64. The highest BCUT2D eigenvalue weighted by molar-refractivity contribution is 6.09. The summed E-state index contributed by atoms with van der Waals surface area (Å²) < 4.78 is 10.6. The zero-order valence-electron chi connectivity index (χ0n) is 16.4. The molecular weight excluding hydrogens is 362 g/mol. The summed E-state index contributed by atoms with van der Waals surface area (Å²) in [6.45, 7) is 4.38. The molecule has 0 saturated carbocycles. The van der Waals surface area contributed by atoms with Crippen LogP contribution < -0.4 is 9.47 Å². The van der Waals surface area contributed by atoms with E-state index in [2.05, 4.69) is 30.9 Å². The van der Waals surface area contributed by atoms with E-state index in [1.54, 1.807) is 38.5 Å². The van der Waals surface area contributed by atoms with Crippen LogP contribution in [0.2, 0.25) is 0 Å². The maximum atomic E-state index is 12.9. The first-order chi connectivity index (χ1) is 12.4. The number of methoxy groups -OCH3 is 2. The van der Waals surface area contributed by atoms with E-state index in [0.29, 0.717) is 17.1 Å². The number of ketones is 1. The van der Waals surface area contributed by atoms with Gasteiger partial charge in [-0.3, -0.25) is 4.79 Å². The number of hydrogen-bond donors (Lipinski definition) is 0. The Morgan fingerprint density at radius 1 is 1.07 bits per heavy atom. The molecule has 0 aliphatic carbocycles. The second-order valence-corrected chi connectivity index (χ2v) is 7.17. The molecule has 0 fully saturated rings. The average molecular weight is 388 g/mol. The van der Waals surface area contributed by atoms with E-state index >= 15 is 0 Å². The first-order valence-electron chi connectivity index (χ1n) is 8.67. The van der Waals surface area contributed by atoms with Gasteiger partial charge in [-0.25, -0.2) is 0 Å². The van der Waals surface area contributed by atoms with Gasteiger partial charge in [0.05, 0.1) is 14.2 Å². The lowest BCUT2D eigenvalue weighted by Gasteiger charge is -2.44. The van der Waals surface area contributed by atoms with Crippen molar-refractivity contribution in [3.63, 3.8) is 0 Å². The number of carbonyl (C=O) groups excluding carboxylic acids is 1. The van der Waals surface area contributed by atoms with Gasteiger partial charge in [0.15, 0.2) is 17.3 Å². The van der Waals surface area contributed by atoms with E-state index in [1.807, 2.05) is 19.2 Å². The molecule has 3 rings (SSSR count). The fourth-order valence-electron chi connectivity index (χ4n) is 3.39. The monoisotopic (exact) mass is 387 g/mol. The van der Waals surface area contributed by atoms with Crippen LogP contribution in [0.25, 0.3) is 5.70 Å². The van der Waals surface area contributed by atoms with Crippen molar-refractivity contribution in [2.75, 3.05) is 21.3 Å². The zero-order chi connectivity index (χ0) is 18.9. The van der Waals surface area contributed by atoms with Crippen molar-refractivity contribution in [1.29, 1.82) is 0 Å². The molecule has 2 aromatic carbocycles. The number of likely N-dealkylation sites (N-methyl/N-ethyl adjacent to an activating group) is 1. The Labute approximate surface area is 167 Å². The van der Waals surface area contributed by atoms with Crippen molar-refractivity contribution in [3.05, 3.63) is 65.2 Å². The maximum absolute atomic E-state index is 12.9. The molecule has 0 radical (unpaired) electrons. The molecule has 4 nitrogen and oxygen atoms in total. The van der Waals surface area contributed by atoms with E-state index in [0.717, 1.165) is 17.7 Å². The van der Waals surface area contributed by atoms with Gasteiger partial charge in [-0.1, -0.05) is 24.3 Å². The number of ether oxygens (including phenoxy) is 2. The van der Waals surface area contributed by atoms with Crippen molar-refractivity contribution >= 4 is 23.9 Å². The van der Waals surface area contributed by atoms with Crippen LogP contribution in [0.3, 0.4) is 0 Å². The van der Waals surface area contributed by atoms with Gasteiger partial charge >= 0.3 is 0 Å². The number of nitrogens with zero attached hydrogens (tertiary/aromatic N) is 1. The van der Waals surface area contributed by atoms with Crippen molar-refractivity contribution in [1.82, 2.24) is 4.90 Å². The quantitative estimate of drug-likeness (QED) is 0.567. The third kappa shape index (κ3) is 3.96. The summed E-state index contributed by atoms with van der Waals surface area (Å²) in [5.74, 6) is 1.10. The number of allylic oxidation sites excluding steroid dienone is 1. The van der Waals surface area contributed by atoms with Crippen LogP contribution in [-0.2, 0) is 6.42 Å². The fourth-order valence-corrected chi connectivity index (χ4v) is 3.39. The Balaban J connectivity index is 0.00000261. The molecule has 1 heterocycles. The summed E-state index contributed by atoms with van der Waals surface area (Å²) in [7, 11) is 5.19. The lowest BCUT2D eigenvalue weighted by molar-refractivity contribution is 0.104. The summed E-state index contributed by atoms with van der Waals surface area (Å²) in [5.41, 5.74) is 3.84. The standard InChI is InChI=1S/C22H25NO3.ClH/c1-22(2)14-16-8-6-7-9-17(16)18(23(22)3)13-19(24)15-10-11-20(25-4)21(12-15)26-5;/h6-13H,14H2,1-5H3;1H/b18-13-;. The Morgan fingerprint density at radius 2 is 1.74 bits per heavy atom. The summed E-state index contributed by atoms with van der Waals surface area (Å²) in [5, 5.41) is 0. The van der Waals surface area contributed by atoms with Crippen LogP contribution in [0.5, 0.6) is 11.5 Å². The Kier molecular flexibility index (Phi) is 6.22. The van der Waals surface area contributed by atoms with Crippen molar-refractivity contribution in [3.8, 4) is 11.5 Å². The van der Waals surface area contributed by atoms with Crippen molar-refractivity contribution < 1.29 is 14.3 Å². The second kappa shape index (κ2) is 8.05. The Morgan fingerprint density at radius 3 is 2.41 bits per heavy atom. The number of rotatable bonds is 4.